The summed E-state index contributed by atoms with van der Waals surface area (Å²) in [5.41, 5.74) is 3.79. The number of nitrogens with one attached hydrogen (secondary N) is 1. The lowest BCUT2D eigenvalue weighted by Crippen LogP contribution is -2.17. The van der Waals surface area contributed by atoms with Crippen LogP contribution in [0.25, 0.3) is 0 Å². The Hall–Kier alpha value is -1.16. The standard InChI is InChI=1S/C17H20BrNO/c1-13(16-7-9-17(18)10-8-16)19-11-14-3-5-15(6-4-14)12-20-2/h3-10,13,19H,11-12H2,1-2H3/t13-/m0/s1. The molecule has 1 N–H and O–H groups in total. The van der Waals surface area contributed by atoms with Crippen molar-refractivity contribution in [3.8, 4) is 0 Å². The van der Waals surface area contributed by atoms with Crippen molar-refractivity contribution in [1.82, 2.24) is 5.32 Å². The Morgan fingerprint density at radius 1 is 1.00 bits per heavy atom. The first-order chi connectivity index (χ1) is 9.69. The van der Waals surface area contributed by atoms with Crippen LogP contribution in [0.15, 0.2) is 53.0 Å². The molecule has 0 aromatic heterocycles. The third-order valence-corrected chi connectivity index (χ3v) is 3.85. The van der Waals surface area contributed by atoms with E-state index in [9.17, 15) is 0 Å². The second kappa shape index (κ2) is 7.58. The molecule has 3 heteroatoms. The van der Waals surface area contributed by atoms with Gasteiger partial charge in [-0.25, -0.2) is 0 Å². The van der Waals surface area contributed by atoms with Gasteiger partial charge in [0.05, 0.1) is 6.61 Å². The zero-order valence-corrected chi connectivity index (χ0v) is 13.5. The van der Waals surface area contributed by atoms with Gasteiger partial charge in [-0.05, 0) is 35.7 Å². The maximum absolute atomic E-state index is 5.11. The molecule has 0 bridgehead atoms. The number of hydrogen-bond acceptors (Lipinski definition) is 2. The Morgan fingerprint density at radius 2 is 1.60 bits per heavy atom. The van der Waals surface area contributed by atoms with Gasteiger partial charge in [0.2, 0.25) is 0 Å². The lowest BCUT2D eigenvalue weighted by Gasteiger charge is -2.14. The highest BCUT2D eigenvalue weighted by molar-refractivity contribution is 9.10. The van der Waals surface area contributed by atoms with E-state index in [1.165, 1.54) is 16.7 Å². The van der Waals surface area contributed by atoms with Gasteiger partial charge < -0.3 is 10.1 Å². The van der Waals surface area contributed by atoms with Crippen molar-refractivity contribution in [3.05, 3.63) is 69.7 Å². The predicted octanol–water partition coefficient (Wildman–Crippen LogP) is 4.45. The number of halogens is 1. The van der Waals surface area contributed by atoms with Gasteiger partial charge in [0, 0.05) is 24.2 Å². The van der Waals surface area contributed by atoms with E-state index in [4.69, 9.17) is 4.74 Å². The first kappa shape index (κ1) is 15.2. The van der Waals surface area contributed by atoms with Crippen LogP contribution in [0.3, 0.4) is 0 Å². The highest BCUT2D eigenvalue weighted by Crippen LogP contribution is 2.17. The van der Waals surface area contributed by atoms with Crippen molar-refractivity contribution in [1.29, 1.82) is 0 Å². The van der Waals surface area contributed by atoms with Crippen LogP contribution in [0, 0.1) is 0 Å². The fraction of sp³-hybridized carbons (Fsp3) is 0.294. The molecule has 2 aromatic carbocycles. The number of ether oxygens (including phenoxy) is 1. The van der Waals surface area contributed by atoms with E-state index >= 15 is 0 Å². The minimum atomic E-state index is 0.335. The summed E-state index contributed by atoms with van der Waals surface area (Å²) in [5, 5.41) is 3.54. The summed E-state index contributed by atoms with van der Waals surface area (Å²) in [5.74, 6) is 0. The largest absolute Gasteiger partial charge is 0.380 e. The molecule has 0 aliphatic heterocycles. The van der Waals surface area contributed by atoms with E-state index in [1.807, 2.05) is 0 Å². The third-order valence-electron chi connectivity index (χ3n) is 3.32. The topological polar surface area (TPSA) is 21.3 Å². The van der Waals surface area contributed by atoms with Crippen LogP contribution in [0.2, 0.25) is 0 Å². The maximum Gasteiger partial charge on any atom is 0.0713 e. The smallest absolute Gasteiger partial charge is 0.0713 e. The quantitative estimate of drug-likeness (QED) is 0.843. The summed E-state index contributed by atoms with van der Waals surface area (Å²) in [6.07, 6.45) is 0. The van der Waals surface area contributed by atoms with Crippen LogP contribution < -0.4 is 5.32 Å². The maximum atomic E-state index is 5.11. The van der Waals surface area contributed by atoms with E-state index in [2.05, 4.69) is 76.7 Å². The van der Waals surface area contributed by atoms with E-state index in [0.29, 0.717) is 12.6 Å². The minimum absolute atomic E-state index is 0.335. The van der Waals surface area contributed by atoms with Gasteiger partial charge in [-0.2, -0.15) is 0 Å². The fourth-order valence-corrected chi connectivity index (χ4v) is 2.32. The van der Waals surface area contributed by atoms with Gasteiger partial charge >= 0.3 is 0 Å². The van der Waals surface area contributed by atoms with Crippen LogP contribution in [-0.2, 0) is 17.9 Å². The molecule has 0 spiro atoms. The zero-order chi connectivity index (χ0) is 14.4. The summed E-state index contributed by atoms with van der Waals surface area (Å²) < 4.78 is 6.23. The summed E-state index contributed by atoms with van der Waals surface area (Å²) in [4.78, 5) is 0. The molecule has 1 atom stereocenters. The number of rotatable bonds is 6. The van der Waals surface area contributed by atoms with Gasteiger partial charge in [0.15, 0.2) is 0 Å². The summed E-state index contributed by atoms with van der Waals surface area (Å²) in [6.45, 7) is 3.72. The molecule has 0 aliphatic carbocycles. The molecule has 2 rings (SSSR count). The average molecular weight is 334 g/mol. The SMILES string of the molecule is COCc1ccc(CN[C@@H](C)c2ccc(Br)cc2)cc1. The summed E-state index contributed by atoms with van der Waals surface area (Å²) in [7, 11) is 1.72. The molecule has 2 aromatic rings. The molecule has 0 fully saturated rings. The van der Waals surface area contributed by atoms with E-state index < -0.39 is 0 Å². The van der Waals surface area contributed by atoms with Crippen molar-refractivity contribution in [2.24, 2.45) is 0 Å². The molecule has 0 aliphatic rings. The highest BCUT2D eigenvalue weighted by atomic mass is 79.9. The lowest BCUT2D eigenvalue weighted by molar-refractivity contribution is 0.185. The van der Waals surface area contributed by atoms with Crippen LogP contribution >= 0.6 is 15.9 Å². The van der Waals surface area contributed by atoms with Crippen LogP contribution in [0.5, 0.6) is 0 Å². The molecule has 0 unspecified atom stereocenters. The Labute approximate surface area is 129 Å². The fourth-order valence-electron chi connectivity index (χ4n) is 2.06. The molecular weight excluding hydrogens is 314 g/mol. The minimum Gasteiger partial charge on any atom is -0.380 e. The van der Waals surface area contributed by atoms with Crippen LogP contribution in [-0.4, -0.2) is 7.11 Å². The van der Waals surface area contributed by atoms with Gasteiger partial charge in [-0.1, -0.05) is 52.3 Å². The lowest BCUT2D eigenvalue weighted by atomic mass is 10.1. The Bertz CT molecular complexity index is 522. The van der Waals surface area contributed by atoms with Crippen molar-refractivity contribution >= 4 is 15.9 Å². The number of methoxy groups -OCH3 is 1. The van der Waals surface area contributed by atoms with E-state index in [1.54, 1.807) is 7.11 Å². The first-order valence-corrected chi connectivity index (χ1v) is 7.54. The van der Waals surface area contributed by atoms with E-state index in [-0.39, 0.29) is 0 Å². The molecule has 0 heterocycles. The zero-order valence-electron chi connectivity index (χ0n) is 11.9. The molecule has 0 saturated carbocycles. The predicted molar refractivity (Wildman–Crippen MR) is 86.6 cm³/mol. The highest BCUT2D eigenvalue weighted by Gasteiger charge is 2.04. The number of benzene rings is 2. The second-order valence-corrected chi connectivity index (χ2v) is 5.82. The Balaban J connectivity index is 1.89. The van der Waals surface area contributed by atoms with Gasteiger partial charge in [-0.3, -0.25) is 0 Å². The third kappa shape index (κ3) is 4.44. The number of hydrogen-bond donors (Lipinski definition) is 1. The molecule has 0 saturated heterocycles. The van der Waals surface area contributed by atoms with Gasteiger partial charge in [0.25, 0.3) is 0 Å². The molecule has 20 heavy (non-hydrogen) atoms. The van der Waals surface area contributed by atoms with Crippen molar-refractivity contribution in [3.63, 3.8) is 0 Å². The van der Waals surface area contributed by atoms with E-state index in [0.717, 1.165) is 11.0 Å². The first-order valence-electron chi connectivity index (χ1n) is 6.74. The second-order valence-electron chi connectivity index (χ2n) is 4.90. The molecule has 106 valence electrons. The van der Waals surface area contributed by atoms with Crippen LogP contribution in [0.1, 0.15) is 29.7 Å². The molecule has 2 nitrogen and oxygen atoms in total. The molecule has 0 amide bonds. The van der Waals surface area contributed by atoms with Crippen molar-refractivity contribution in [2.75, 3.05) is 7.11 Å². The van der Waals surface area contributed by atoms with Crippen molar-refractivity contribution < 1.29 is 4.74 Å². The van der Waals surface area contributed by atoms with Gasteiger partial charge in [0.1, 0.15) is 0 Å². The van der Waals surface area contributed by atoms with Crippen LogP contribution in [0.4, 0.5) is 0 Å². The molecular formula is C17H20BrNO. The monoisotopic (exact) mass is 333 g/mol. The van der Waals surface area contributed by atoms with Gasteiger partial charge in [-0.15, -0.1) is 0 Å². The Morgan fingerprint density at radius 3 is 2.20 bits per heavy atom. The Kier molecular flexibility index (Phi) is 5.77. The normalized spacial score (nSPS) is 12.3. The summed E-state index contributed by atoms with van der Waals surface area (Å²) >= 11 is 3.46. The van der Waals surface area contributed by atoms with Crippen molar-refractivity contribution in [2.45, 2.75) is 26.1 Å². The average Bonchev–Trinajstić information content (AvgIpc) is 2.47. The summed E-state index contributed by atoms with van der Waals surface area (Å²) in [6, 6.07) is 17.3. The molecule has 0 radical (unpaired) electrons.